The Morgan fingerprint density at radius 3 is 2.42 bits per heavy atom. The lowest BCUT2D eigenvalue weighted by Gasteiger charge is -2.20. The van der Waals surface area contributed by atoms with Gasteiger partial charge in [-0.1, -0.05) is 12.8 Å². The average molecular weight is 327 g/mol. The number of carbonyl (C=O) groups is 1. The summed E-state index contributed by atoms with van der Waals surface area (Å²) in [4.78, 5) is 21.7. The van der Waals surface area contributed by atoms with Gasteiger partial charge in [0.05, 0.1) is 6.54 Å². The standard InChI is InChI=1S/C18H25N5O/c1-14-12-20-17(21-14)13-19-15-6-8-16(9-7-15)22-18(24)23-10-4-2-3-5-11-23/h6-9,12,19H,2-5,10-11,13H2,1H3,(H,20,21)(H,22,24). The van der Waals surface area contributed by atoms with Crippen LogP contribution in [-0.2, 0) is 6.54 Å². The minimum atomic E-state index is 0.00340. The van der Waals surface area contributed by atoms with Crippen molar-refractivity contribution in [2.24, 2.45) is 0 Å². The number of carbonyl (C=O) groups excluding carboxylic acids is 1. The molecule has 2 amide bonds. The Morgan fingerprint density at radius 1 is 1.12 bits per heavy atom. The minimum Gasteiger partial charge on any atom is -0.378 e. The van der Waals surface area contributed by atoms with E-state index in [4.69, 9.17) is 0 Å². The van der Waals surface area contributed by atoms with E-state index in [-0.39, 0.29) is 6.03 Å². The van der Waals surface area contributed by atoms with Gasteiger partial charge in [0.15, 0.2) is 0 Å². The molecule has 1 fully saturated rings. The normalized spacial score (nSPS) is 15.0. The van der Waals surface area contributed by atoms with E-state index < -0.39 is 0 Å². The number of aryl methyl sites for hydroxylation is 1. The highest BCUT2D eigenvalue weighted by atomic mass is 16.2. The van der Waals surface area contributed by atoms with Crippen LogP contribution < -0.4 is 10.6 Å². The molecule has 24 heavy (non-hydrogen) atoms. The van der Waals surface area contributed by atoms with E-state index in [1.165, 1.54) is 12.8 Å². The third-order valence-corrected chi connectivity index (χ3v) is 4.24. The van der Waals surface area contributed by atoms with Crippen molar-refractivity contribution in [3.8, 4) is 0 Å². The molecule has 0 spiro atoms. The molecule has 1 aliphatic rings. The Balaban J connectivity index is 1.51. The maximum Gasteiger partial charge on any atom is 0.321 e. The van der Waals surface area contributed by atoms with Crippen molar-refractivity contribution in [3.05, 3.63) is 42.0 Å². The molecule has 0 saturated carbocycles. The zero-order valence-electron chi connectivity index (χ0n) is 14.1. The highest BCUT2D eigenvalue weighted by Gasteiger charge is 2.15. The number of amides is 2. The molecule has 6 nitrogen and oxygen atoms in total. The number of imidazole rings is 1. The Morgan fingerprint density at radius 2 is 1.79 bits per heavy atom. The molecule has 0 bridgehead atoms. The maximum absolute atomic E-state index is 12.3. The van der Waals surface area contributed by atoms with E-state index >= 15 is 0 Å². The van der Waals surface area contributed by atoms with Crippen molar-refractivity contribution in [1.82, 2.24) is 14.9 Å². The van der Waals surface area contributed by atoms with Crippen LogP contribution in [0.5, 0.6) is 0 Å². The lowest BCUT2D eigenvalue weighted by molar-refractivity contribution is 0.214. The molecule has 1 aromatic heterocycles. The number of H-pyrrole nitrogens is 1. The van der Waals surface area contributed by atoms with Crippen LogP contribution in [0.3, 0.4) is 0 Å². The summed E-state index contributed by atoms with van der Waals surface area (Å²) in [7, 11) is 0. The fourth-order valence-corrected chi connectivity index (χ4v) is 2.89. The highest BCUT2D eigenvalue weighted by Crippen LogP contribution is 2.16. The van der Waals surface area contributed by atoms with Gasteiger partial charge in [0.2, 0.25) is 0 Å². The molecule has 0 unspecified atom stereocenters. The van der Waals surface area contributed by atoms with Crippen LogP contribution in [0.25, 0.3) is 0 Å². The molecule has 2 heterocycles. The molecule has 0 aliphatic carbocycles. The second kappa shape index (κ2) is 7.86. The van der Waals surface area contributed by atoms with Crippen molar-refractivity contribution in [2.75, 3.05) is 23.7 Å². The number of aromatic nitrogens is 2. The third-order valence-electron chi connectivity index (χ3n) is 4.24. The van der Waals surface area contributed by atoms with E-state index in [2.05, 4.69) is 20.6 Å². The molecule has 128 valence electrons. The second-order valence-electron chi connectivity index (χ2n) is 6.28. The van der Waals surface area contributed by atoms with Crippen LogP contribution in [0, 0.1) is 6.92 Å². The third kappa shape index (κ3) is 4.50. The number of rotatable bonds is 4. The molecule has 6 heteroatoms. The minimum absolute atomic E-state index is 0.00340. The molecule has 3 N–H and O–H groups in total. The Hall–Kier alpha value is -2.50. The van der Waals surface area contributed by atoms with Gasteiger partial charge in [-0.2, -0.15) is 0 Å². The number of hydrogen-bond donors (Lipinski definition) is 3. The molecule has 1 aliphatic heterocycles. The van der Waals surface area contributed by atoms with Gasteiger partial charge in [-0.05, 0) is 44.0 Å². The predicted molar refractivity (Wildman–Crippen MR) is 96.2 cm³/mol. The van der Waals surface area contributed by atoms with E-state index in [0.29, 0.717) is 6.54 Å². The van der Waals surface area contributed by atoms with Crippen LogP contribution >= 0.6 is 0 Å². The van der Waals surface area contributed by atoms with E-state index in [1.807, 2.05) is 42.3 Å². The fourth-order valence-electron chi connectivity index (χ4n) is 2.89. The van der Waals surface area contributed by atoms with Crippen LogP contribution in [0.15, 0.2) is 30.5 Å². The molecule has 0 radical (unpaired) electrons. The van der Waals surface area contributed by atoms with Gasteiger partial charge in [-0.25, -0.2) is 9.78 Å². The molecule has 2 aromatic rings. The predicted octanol–water partition coefficient (Wildman–Crippen LogP) is 3.74. The van der Waals surface area contributed by atoms with E-state index in [1.54, 1.807) is 0 Å². The number of nitrogens with zero attached hydrogens (tertiary/aromatic N) is 2. The first-order valence-corrected chi connectivity index (χ1v) is 8.61. The van der Waals surface area contributed by atoms with E-state index in [0.717, 1.165) is 48.8 Å². The largest absolute Gasteiger partial charge is 0.378 e. The molecular weight excluding hydrogens is 302 g/mol. The zero-order valence-corrected chi connectivity index (χ0v) is 14.1. The quantitative estimate of drug-likeness (QED) is 0.801. The Bertz CT molecular complexity index is 656. The van der Waals surface area contributed by atoms with Crippen LogP contribution in [0.1, 0.15) is 37.2 Å². The van der Waals surface area contributed by atoms with Gasteiger partial charge < -0.3 is 20.5 Å². The van der Waals surface area contributed by atoms with Crippen molar-refractivity contribution >= 4 is 17.4 Å². The topological polar surface area (TPSA) is 73.1 Å². The van der Waals surface area contributed by atoms with Gasteiger partial charge in [0, 0.05) is 36.4 Å². The van der Waals surface area contributed by atoms with Gasteiger partial charge in [0.25, 0.3) is 0 Å². The number of urea groups is 1. The summed E-state index contributed by atoms with van der Waals surface area (Å²) in [5.41, 5.74) is 2.87. The van der Waals surface area contributed by atoms with Gasteiger partial charge >= 0.3 is 6.03 Å². The summed E-state index contributed by atoms with van der Waals surface area (Å²) >= 11 is 0. The summed E-state index contributed by atoms with van der Waals surface area (Å²) in [6, 6.07) is 7.78. The van der Waals surface area contributed by atoms with Gasteiger partial charge in [-0.15, -0.1) is 0 Å². The summed E-state index contributed by atoms with van der Waals surface area (Å²) < 4.78 is 0. The number of anilines is 2. The molecule has 3 rings (SSSR count). The summed E-state index contributed by atoms with van der Waals surface area (Å²) in [5.74, 6) is 0.908. The average Bonchev–Trinajstić information content (AvgIpc) is 2.84. The van der Waals surface area contributed by atoms with Gasteiger partial charge in [0.1, 0.15) is 5.82 Å². The molecule has 1 aromatic carbocycles. The Labute approximate surface area is 142 Å². The maximum atomic E-state index is 12.3. The number of benzene rings is 1. The summed E-state index contributed by atoms with van der Waals surface area (Å²) in [5, 5.41) is 6.29. The highest BCUT2D eigenvalue weighted by molar-refractivity contribution is 5.89. The Kier molecular flexibility index (Phi) is 5.36. The smallest absolute Gasteiger partial charge is 0.321 e. The number of likely N-dealkylation sites (tertiary alicyclic amines) is 1. The van der Waals surface area contributed by atoms with Crippen molar-refractivity contribution in [3.63, 3.8) is 0 Å². The van der Waals surface area contributed by atoms with Gasteiger partial charge in [-0.3, -0.25) is 0 Å². The van der Waals surface area contributed by atoms with Crippen LogP contribution in [0.2, 0.25) is 0 Å². The van der Waals surface area contributed by atoms with Crippen molar-refractivity contribution in [2.45, 2.75) is 39.2 Å². The number of hydrogen-bond acceptors (Lipinski definition) is 3. The first-order valence-electron chi connectivity index (χ1n) is 8.61. The monoisotopic (exact) mass is 327 g/mol. The summed E-state index contributed by atoms with van der Waals surface area (Å²) in [6.07, 6.45) is 6.46. The van der Waals surface area contributed by atoms with Crippen molar-refractivity contribution in [1.29, 1.82) is 0 Å². The second-order valence-corrected chi connectivity index (χ2v) is 6.28. The first-order chi connectivity index (χ1) is 11.7. The van der Waals surface area contributed by atoms with Crippen molar-refractivity contribution < 1.29 is 4.79 Å². The molecule has 1 saturated heterocycles. The molecular formula is C18H25N5O. The van der Waals surface area contributed by atoms with E-state index in [9.17, 15) is 4.79 Å². The summed E-state index contributed by atoms with van der Waals surface area (Å²) in [6.45, 7) is 4.34. The fraction of sp³-hybridized carbons (Fsp3) is 0.444. The number of aromatic amines is 1. The molecule has 0 atom stereocenters. The lowest BCUT2D eigenvalue weighted by atomic mass is 10.2. The lowest BCUT2D eigenvalue weighted by Crippen LogP contribution is -2.35. The number of nitrogens with one attached hydrogen (secondary N) is 3. The van der Waals surface area contributed by atoms with Crippen LogP contribution in [0.4, 0.5) is 16.2 Å². The van der Waals surface area contributed by atoms with Crippen LogP contribution in [-0.4, -0.2) is 34.0 Å². The SMILES string of the molecule is Cc1cnc(CNc2ccc(NC(=O)N3CCCCCC3)cc2)[nH]1. The zero-order chi connectivity index (χ0) is 16.8. The first kappa shape index (κ1) is 16.4.